The van der Waals surface area contributed by atoms with Crippen LogP contribution in [0.2, 0.25) is 0 Å². The lowest BCUT2D eigenvalue weighted by molar-refractivity contribution is -0.224. The van der Waals surface area contributed by atoms with Crippen LogP contribution in [-0.2, 0) is 37.4 Å². The molecule has 1 aliphatic rings. The van der Waals surface area contributed by atoms with Gasteiger partial charge in [-0.25, -0.2) is 0 Å². The van der Waals surface area contributed by atoms with Crippen molar-refractivity contribution in [3.63, 3.8) is 0 Å². The lowest BCUT2D eigenvalue weighted by atomic mass is 9.97. The van der Waals surface area contributed by atoms with Crippen molar-refractivity contribution in [3.8, 4) is 0 Å². The first-order chi connectivity index (χ1) is 15.6. The van der Waals surface area contributed by atoms with Crippen LogP contribution in [0.5, 0.6) is 0 Å². The van der Waals surface area contributed by atoms with Crippen LogP contribution in [-0.4, -0.2) is 66.3 Å². The van der Waals surface area contributed by atoms with Crippen molar-refractivity contribution in [2.24, 2.45) is 0 Å². The van der Waals surface area contributed by atoms with Gasteiger partial charge in [0.25, 0.3) is 0 Å². The topological polar surface area (TPSA) is 144 Å². The molecule has 1 aromatic carbocycles. The number of ether oxygens (including phenoxy) is 3. The molecular weight excluding hydrogens is 473 g/mol. The summed E-state index contributed by atoms with van der Waals surface area (Å²) in [5.74, 6) is -1.27. The second-order valence-electron chi connectivity index (χ2n) is 7.33. The molecule has 33 heavy (non-hydrogen) atoms. The zero-order chi connectivity index (χ0) is 24.6. The summed E-state index contributed by atoms with van der Waals surface area (Å²) in [7, 11) is -3.39. The van der Waals surface area contributed by atoms with E-state index in [4.69, 9.17) is 29.0 Å². The lowest BCUT2D eigenvalue weighted by Gasteiger charge is -2.43. The van der Waals surface area contributed by atoms with Gasteiger partial charge in [-0.2, -0.15) is 0 Å². The van der Waals surface area contributed by atoms with E-state index in [1.54, 1.807) is 38.1 Å². The molecule has 186 valence electrons. The number of carbonyl (C=O) groups is 2. The van der Waals surface area contributed by atoms with Gasteiger partial charge in [0.15, 0.2) is 12.2 Å². The van der Waals surface area contributed by atoms with Gasteiger partial charge in [0.2, 0.25) is 0 Å². The number of carbonyl (C=O) groups excluding carboxylic acids is 2. The van der Waals surface area contributed by atoms with Gasteiger partial charge in [-0.05, 0) is 44.5 Å². The van der Waals surface area contributed by atoms with Crippen LogP contribution >= 0.6 is 19.4 Å². The molecule has 5 atom stereocenters. The second-order valence-corrected chi connectivity index (χ2v) is 10.7. The molecule has 0 aromatic heterocycles. The predicted molar refractivity (Wildman–Crippen MR) is 123 cm³/mol. The molecule has 0 aliphatic carbocycles. The number of anilines is 1. The van der Waals surface area contributed by atoms with E-state index in [0.29, 0.717) is 5.69 Å². The Bertz CT molecular complexity index is 828. The van der Waals surface area contributed by atoms with E-state index in [1.165, 1.54) is 25.6 Å². The molecule has 1 fully saturated rings. The Kier molecular flexibility index (Phi) is 10.7. The Morgan fingerprint density at radius 2 is 1.61 bits per heavy atom. The highest BCUT2D eigenvalue weighted by Crippen LogP contribution is 2.49. The number of aliphatic hydroxyl groups excluding tert-OH is 1. The normalized spacial score (nSPS) is 25.4. The van der Waals surface area contributed by atoms with E-state index in [2.05, 4.69) is 0 Å². The molecule has 1 aromatic rings. The monoisotopic (exact) mass is 505 g/mol. The van der Waals surface area contributed by atoms with Gasteiger partial charge < -0.3 is 34.1 Å². The molecule has 0 unspecified atom stereocenters. The first-order valence-corrected chi connectivity index (χ1v) is 13.3. The SMILES string of the molecule is CCOP(=O)(CC[C@H]1O[C@@H](Sc2ccc(N)cc2)[C@@H](OC(C)=O)[C@@H](OC(C)=O)[C@@H]1O)OCC. The quantitative estimate of drug-likeness (QED) is 0.260. The fourth-order valence-corrected chi connectivity index (χ4v) is 6.19. The number of benzene rings is 1. The van der Waals surface area contributed by atoms with Crippen molar-refractivity contribution in [3.05, 3.63) is 24.3 Å². The Morgan fingerprint density at radius 3 is 2.12 bits per heavy atom. The van der Waals surface area contributed by atoms with Crippen molar-refractivity contribution < 1.29 is 42.5 Å². The first kappa shape index (κ1) is 27.6. The first-order valence-electron chi connectivity index (χ1n) is 10.7. The van der Waals surface area contributed by atoms with Crippen LogP contribution < -0.4 is 5.73 Å². The minimum absolute atomic E-state index is 0.0132. The Morgan fingerprint density at radius 1 is 1.06 bits per heavy atom. The van der Waals surface area contributed by atoms with Gasteiger partial charge in [0, 0.05) is 24.4 Å². The van der Waals surface area contributed by atoms with Gasteiger partial charge in [0.1, 0.15) is 11.5 Å². The lowest BCUT2D eigenvalue weighted by Crippen LogP contribution is -2.59. The largest absolute Gasteiger partial charge is 0.456 e. The molecule has 10 nitrogen and oxygen atoms in total. The van der Waals surface area contributed by atoms with Gasteiger partial charge in [-0.1, -0.05) is 11.8 Å². The maximum atomic E-state index is 12.9. The van der Waals surface area contributed by atoms with Gasteiger partial charge >= 0.3 is 19.5 Å². The number of nitrogen functional groups attached to an aromatic ring is 1. The van der Waals surface area contributed by atoms with E-state index >= 15 is 0 Å². The van der Waals surface area contributed by atoms with E-state index in [9.17, 15) is 19.3 Å². The number of thioether (sulfide) groups is 1. The molecule has 0 spiro atoms. The molecule has 1 saturated heterocycles. The van der Waals surface area contributed by atoms with Crippen LogP contribution in [0.25, 0.3) is 0 Å². The summed E-state index contributed by atoms with van der Waals surface area (Å²) in [5.41, 5.74) is 5.50. The molecule has 0 radical (unpaired) electrons. The number of hydrogen-bond donors (Lipinski definition) is 2. The molecule has 0 saturated carbocycles. The third-order valence-electron chi connectivity index (χ3n) is 4.69. The second kappa shape index (κ2) is 12.7. The van der Waals surface area contributed by atoms with E-state index in [1.807, 2.05) is 0 Å². The van der Waals surface area contributed by atoms with E-state index in [0.717, 1.165) is 4.90 Å². The summed E-state index contributed by atoms with van der Waals surface area (Å²) in [4.78, 5) is 24.3. The number of aliphatic hydroxyl groups is 1. The molecular formula is C21H32NO9PS. The van der Waals surface area contributed by atoms with Crippen molar-refractivity contribution in [2.75, 3.05) is 25.1 Å². The van der Waals surface area contributed by atoms with Crippen LogP contribution in [0.4, 0.5) is 5.69 Å². The Hall–Kier alpha value is -1.62. The molecule has 0 amide bonds. The Labute approximate surface area is 198 Å². The number of esters is 2. The van der Waals surface area contributed by atoms with Crippen LogP contribution in [0, 0.1) is 0 Å². The standard InChI is InChI=1S/C21H32NO9PS/c1-5-27-32(26,28-6-2)12-11-17-18(25)19(29-13(3)23)20(30-14(4)24)21(31-17)33-16-9-7-15(22)8-10-16/h7-10,17-21,25H,5-6,11-12,22H2,1-4H3/t17-,18-,19+,20+,21+/m1/s1. The highest BCUT2D eigenvalue weighted by molar-refractivity contribution is 7.99. The van der Waals surface area contributed by atoms with Gasteiger partial charge in [0.05, 0.1) is 25.5 Å². The summed E-state index contributed by atoms with van der Waals surface area (Å²) in [6.45, 7) is 6.23. The summed E-state index contributed by atoms with van der Waals surface area (Å²) < 4.78 is 40.4. The maximum Gasteiger partial charge on any atom is 0.330 e. The Balaban J connectivity index is 2.31. The average Bonchev–Trinajstić information content (AvgIpc) is 2.73. The third kappa shape index (κ3) is 8.27. The molecule has 2 rings (SSSR count). The minimum atomic E-state index is -3.39. The van der Waals surface area contributed by atoms with Crippen molar-refractivity contribution in [2.45, 2.75) is 68.9 Å². The average molecular weight is 506 g/mol. The minimum Gasteiger partial charge on any atom is -0.456 e. The molecule has 0 bridgehead atoms. The zero-order valence-corrected chi connectivity index (χ0v) is 20.9. The predicted octanol–water partition coefficient (Wildman–Crippen LogP) is 2.97. The fourth-order valence-electron chi connectivity index (χ4n) is 3.39. The molecule has 1 aliphatic heterocycles. The molecule has 1 heterocycles. The van der Waals surface area contributed by atoms with Crippen LogP contribution in [0.15, 0.2) is 29.2 Å². The van der Waals surface area contributed by atoms with Crippen molar-refractivity contribution in [1.29, 1.82) is 0 Å². The summed E-state index contributed by atoms with van der Waals surface area (Å²) in [6, 6.07) is 6.96. The zero-order valence-electron chi connectivity index (χ0n) is 19.2. The molecule has 3 N–H and O–H groups in total. The highest BCUT2D eigenvalue weighted by atomic mass is 32.2. The number of rotatable bonds is 11. The number of nitrogens with two attached hydrogens (primary N) is 1. The number of hydrogen-bond acceptors (Lipinski definition) is 11. The van der Waals surface area contributed by atoms with Crippen LogP contribution in [0.3, 0.4) is 0 Å². The van der Waals surface area contributed by atoms with Crippen molar-refractivity contribution in [1.82, 2.24) is 0 Å². The van der Waals surface area contributed by atoms with E-state index in [-0.39, 0.29) is 25.8 Å². The maximum absolute atomic E-state index is 12.9. The summed E-state index contributed by atoms with van der Waals surface area (Å²) in [6.07, 6.45) is -4.40. The van der Waals surface area contributed by atoms with Crippen molar-refractivity contribution >= 4 is 37.0 Å². The third-order valence-corrected chi connectivity index (χ3v) is 7.96. The van der Waals surface area contributed by atoms with E-state index < -0.39 is 49.4 Å². The van der Waals surface area contributed by atoms with Gasteiger partial charge in [-0.3, -0.25) is 14.2 Å². The van der Waals surface area contributed by atoms with Crippen LogP contribution in [0.1, 0.15) is 34.1 Å². The smallest absolute Gasteiger partial charge is 0.330 e. The summed E-state index contributed by atoms with van der Waals surface area (Å²) >= 11 is 1.22. The summed E-state index contributed by atoms with van der Waals surface area (Å²) in [5, 5.41) is 10.9. The highest BCUT2D eigenvalue weighted by Gasteiger charge is 2.50. The molecule has 12 heteroatoms. The fraction of sp³-hybridized carbons (Fsp3) is 0.619. The van der Waals surface area contributed by atoms with Gasteiger partial charge in [-0.15, -0.1) is 0 Å².